The van der Waals surface area contributed by atoms with E-state index in [0.29, 0.717) is 12.0 Å². The molecule has 0 saturated carbocycles. The highest BCUT2D eigenvalue weighted by Crippen LogP contribution is 2.09. The van der Waals surface area contributed by atoms with Crippen LogP contribution in [0.1, 0.15) is 13.8 Å². The minimum absolute atomic E-state index is 0.622. The maximum absolute atomic E-state index is 5.80. The van der Waals surface area contributed by atoms with Gasteiger partial charge in [0.1, 0.15) is 0 Å². The first-order valence-electron chi connectivity index (χ1n) is 5.12. The number of alkyl halides is 1. The van der Waals surface area contributed by atoms with Crippen LogP contribution in [0.25, 0.3) is 0 Å². The quantitative estimate of drug-likeness (QED) is 0.643. The van der Waals surface area contributed by atoms with Crippen LogP contribution in [0.3, 0.4) is 0 Å². The van der Waals surface area contributed by atoms with E-state index in [0.717, 1.165) is 12.4 Å². The molecule has 1 rings (SSSR count). The smallest absolute Gasteiger partial charge is 0.0261 e. The van der Waals surface area contributed by atoms with E-state index in [4.69, 9.17) is 11.6 Å². The van der Waals surface area contributed by atoms with Crippen molar-refractivity contribution in [3.63, 3.8) is 0 Å². The Bertz CT molecular complexity index is 150. The Morgan fingerprint density at radius 1 is 1.46 bits per heavy atom. The van der Waals surface area contributed by atoms with E-state index in [1.165, 1.54) is 19.6 Å². The number of rotatable bonds is 3. The van der Waals surface area contributed by atoms with Gasteiger partial charge in [-0.05, 0) is 19.9 Å². The lowest BCUT2D eigenvalue weighted by Gasteiger charge is -2.38. The highest BCUT2D eigenvalue weighted by molar-refractivity contribution is 6.18. The van der Waals surface area contributed by atoms with Crippen molar-refractivity contribution >= 4 is 11.6 Å². The van der Waals surface area contributed by atoms with E-state index in [2.05, 4.69) is 30.7 Å². The first-order chi connectivity index (χ1) is 6.13. The molecule has 1 aliphatic rings. The summed E-state index contributed by atoms with van der Waals surface area (Å²) in [6.45, 7) is 9.24. The Hall–Kier alpha value is 0.210. The van der Waals surface area contributed by atoms with Crippen LogP contribution in [-0.2, 0) is 0 Å². The monoisotopic (exact) mass is 204 g/mol. The third kappa shape index (κ3) is 3.45. The van der Waals surface area contributed by atoms with Gasteiger partial charge in [0.2, 0.25) is 0 Å². The van der Waals surface area contributed by atoms with Crippen molar-refractivity contribution in [2.24, 2.45) is 5.92 Å². The molecule has 1 aliphatic heterocycles. The molecule has 3 heteroatoms. The molecule has 0 N–H and O–H groups in total. The summed E-state index contributed by atoms with van der Waals surface area (Å²) in [5, 5.41) is 0. The number of likely N-dealkylation sites (N-methyl/N-ethyl adjacent to an activating group) is 1. The van der Waals surface area contributed by atoms with Gasteiger partial charge >= 0.3 is 0 Å². The van der Waals surface area contributed by atoms with Gasteiger partial charge in [0.15, 0.2) is 0 Å². The van der Waals surface area contributed by atoms with Gasteiger partial charge < -0.3 is 9.80 Å². The van der Waals surface area contributed by atoms with Crippen LogP contribution in [0.5, 0.6) is 0 Å². The number of nitrogens with zero attached hydrogens (tertiary/aromatic N) is 2. The standard InChI is InChI=1S/C10H21ClN2/c1-9(6-11)7-13-5-4-12(3)10(2)8-13/h9-10H,4-8H2,1-3H3. The normalized spacial score (nSPS) is 29.1. The first kappa shape index (κ1) is 11.3. The van der Waals surface area contributed by atoms with Crippen molar-refractivity contribution in [2.45, 2.75) is 19.9 Å². The average molecular weight is 205 g/mol. The third-order valence-corrected chi connectivity index (χ3v) is 3.40. The molecule has 0 spiro atoms. The Morgan fingerprint density at radius 3 is 2.69 bits per heavy atom. The van der Waals surface area contributed by atoms with Gasteiger partial charge in [0, 0.05) is 38.1 Å². The van der Waals surface area contributed by atoms with Gasteiger partial charge in [-0.2, -0.15) is 0 Å². The minimum atomic E-state index is 0.622. The Labute approximate surface area is 86.8 Å². The van der Waals surface area contributed by atoms with E-state index in [1.807, 2.05) is 0 Å². The molecule has 13 heavy (non-hydrogen) atoms. The molecule has 0 aromatic heterocycles. The number of hydrogen-bond donors (Lipinski definition) is 0. The van der Waals surface area contributed by atoms with Crippen molar-refractivity contribution in [1.82, 2.24) is 9.80 Å². The molecule has 1 heterocycles. The number of hydrogen-bond acceptors (Lipinski definition) is 2. The number of halogens is 1. The van der Waals surface area contributed by atoms with Gasteiger partial charge in [-0.1, -0.05) is 6.92 Å². The van der Waals surface area contributed by atoms with E-state index in [-0.39, 0.29) is 0 Å². The van der Waals surface area contributed by atoms with Crippen molar-refractivity contribution in [3.05, 3.63) is 0 Å². The summed E-state index contributed by atoms with van der Waals surface area (Å²) in [5.74, 6) is 1.40. The van der Waals surface area contributed by atoms with E-state index >= 15 is 0 Å². The molecule has 2 atom stereocenters. The Kier molecular flexibility index (Phi) is 4.50. The van der Waals surface area contributed by atoms with Gasteiger partial charge in [-0.15, -0.1) is 11.6 Å². The van der Waals surface area contributed by atoms with E-state index in [1.54, 1.807) is 0 Å². The molecule has 1 saturated heterocycles. The van der Waals surface area contributed by atoms with Crippen LogP contribution in [0.15, 0.2) is 0 Å². The molecule has 1 fully saturated rings. The highest BCUT2D eigenvalue weighted by atomic mass is 35.5. The predicted molar refractivity (Wildman–Crippen MR) is 58.4 cm³/mol. The molecular weight excluding hydrogens is 184 g/mol. The lowest BCUT2D eigenvalue weighted by atomic mass is 10.1. The van der Waals surface area contributed by atoms with Crippen LogP contribution in [-0.4, -0.2) is 54.9 Å². The summed E-state index contributed by atoms with van der Waals surface area (Å²) in [5.41, 5.74) is 0. The fourth-order valence-corrected chi connectivity index (χ4v) is 1.88. The van der Waals surface area contributed by atoms with Crippen molar-refractivity contribution in [2.75, 3.05) is 39.1 Å². The lowest BCUT2D eigenvalue weighted by molar-refractivity contribution is 0.0966. The molecule has 2 nitrogen and oxygen atoms in total. The zero-order valence-electron chi connectivity index (χ0n) is 8.96. The highest BCUT2D eigenvalue weighted by Gasteiger charge is 2.21. The molecular formula is C10H21ClN2. The third-order valence-electron chi connectivity index (χ3n) is 2.88. The summed E-state index contributed by atoms with van der Waals surface area (Å²) in [6.07, 6.45) is 0. The second kappa shape index (κ2) is 5.18. The maximum atomic E-state index is 5.80. The second-order valence-electron chi connectivity index (χ2n) is 4.35. The van der Waals surface area contributed by atoms with Gasteiger partial charge in [-0.3, -0.25) is 0 Å². The molecule has 78 valence electrons. The Morgan fingerprint density at radius 2 is 2.15 bits per heavy atom. The van der Waals surface area contributed by atoms with E-state index in [9.17, 15) is 0 Å². The van der Waals surface area contributed by atoms with Crippen LogP contribution < -0.4 is 0 Å². The fraction of sp³-hybridized carbons (Fsp3) is 1.00. The molecule has 0 aromatic carbocycles. The molecule has 0 bridgehead atoms. The molecule has 0 aliphatic carbocycles. The largest absolute Gasteiger partial charge is 0.301 e. The molecule has 0 aromatic rings. The van der Waals surface area contributed by atoms with Crippen molar-refractivity contribution < 1.29 is 0 Å². The molecule has 2 unspecified atom stereocenters. The maximum Gasteiger partial charge on any atom is 0.0261 e. The van der Waals surface area contributed by atoms with Gasteiger partial charge in [0.25, 0.3) is 0 Å². The predicted octanol–water partition coefficient (Wildman–Crippen LogP) is 1.50. The first-order valence-corrected chi connectivity index (χ1v) is 5.65. The zero-order chi connectivity index (χ0) is 9.84. The molecule has 0 radical (unpaired) electrons. The summed E-state index contributed by atoms with van der Waals surface area (Å²) < 4.78 is 0. The summed E-state index contributed by atoms with van der Waals surface area (Å²) in [7, 11) is 2.20. The topological polar surface area (TPSA) is 6.48 Å². The van der Waals surface area contributed by atoms with Crippen molar-refractivity contribution in [1.29, 1.82) is 0 Å². The lowest BCUT2D eigenvalue weighted by Crippen LogP contribution is -2.51. The van der Waals surface area contributed by atoms with Crippen LogP contribution in [0.2, 0.25) is 0 Å². The average Bonchev–Trinajstić information content (AvgIpc) is 2.11. The zero-order valence-corrected chi connectivity index (χ0v) is 9.72. The summed E-state index contributed by atoms with van der Waals surface area (Å²) >= 11 is 5.80. The Balaban J connectivity index is 2.29. The van der Waals surface area contributed by atoms with Gasteiger partial charge in [-0.25, -0.2) is 0 Å². The second-order valence-corrected chi connectivity index (χ2v) is 4.66. The van der Waals surface area contributed by atoms with Crippen LogP contribution in [0, 0.1) is 5.92 Å². The number of piperazine rings is 1. The molecule has 0 amide bonds. The minimum Gasteiger partial charge on any atom is -0.301 e. The SMILES string of the molecule is CC(CCl)CN1CCN(C)C(C)C1. The van der Waals surface area contributed by atoms with Crippen molar-refractivity contribution in [3.8, 4) is 0 Å². The van der Waals surface area contributed by atoms with Crippen LogP contribution >= 0.6 is 11.6 Å². The van der Waals surface area contributed by atoms with Gasteiger partial charge in [0.05, 0.1) is 0 Å². The fourth-order valence-electron chi connectivity index (χ4n) is 1.78. The summed E-state index contributed by atoms with van der Waals surface area (Å²) in [4.78, 5) is 4.94. The summed E-state index contributed by atoms with van der Waals surface area (Å²) in [6, 6.07) is 0.691. The van der Waals surface area contributed by atoms with E-state index < -0.39 is 0 Å². The van der Waals surface area contributed by atoms with Crippen LogP contribution in [0.4, 0.5) is 0 Å².